The maximum absolute atomic E-state index is 15.0. The second kappa shape index (κ2) is 13.9. The number of nitrogens with zero attached hydrogens (tertiary/aromatic N) is 1. The fourth-order valence-electron chi connectivity index (χ4n) is 4.81. The number of hydrogen-bond acceptors (Lipinski definition) is 7. The molecule has 3 N–H and O–H groups in total. The number of amides is 2. The van der Waals surface area contributed by atoms with E-state index in [4.69, 9.17) is 14.2 Å². The molecule has 1 aromatic heterocycles. The third kappa shape index (κ3) is 7.55. The summed E-state index contributed by atoms with van der Waals surface area (Å²) in [6, 6.07) is 15.1. The molecule has 4 aromatic rings. The molecule has 1 fully saturated rings. The summed E-state index contributed by atoms with van der Waals surface area (Å²) in [7, 11) is 1.55. The highest BCUT2D eigenvalue weighted by Gasteiger charge is 2.18. The van der Waals surface area contributed by atoms with Crippen molar-refractivity contribution in [3.8, 4) is 23.0 Å². The van der Waals surface area contributed by atoms with E-state index in [1.54, 1.807) is 49.7 Å². The Balaban J connectivity index is 1.22. The van der Waals surface area contributed by atoms with Crippen molar-refractivity contribution in [2.24, 2.45) is 5.92 Å². The standard InChI is InChI=1S/C32H32F2N4O5/c1-41-29-17-23-26(18-30(29)42-19-20-8-12-35-13-9-20)36-15-11-27(23)43-28-7-6-22(16-25(28)34)38-32(40)31(39)37-14-10-21-4-2-3-5-24(21)33/h2-7,11,15-18,20,35H,8-10,12-14,19H2,1H3,(H,37,39)(H,38,40). The number of benzene rings is 3. The van der Waals surface area contributed by atoms with Crippen LogP contribution in [0.25, 0.3) is 10.9 Å². The summed E-state index contributed by atoms with van der Waals surface area (Å²) >= 11 is 0. The number of pyridine rings is 1. The summed E-state index contributed by atoms with van der Waals surface area (Å²) < 4.78 is 46.3. The second-order valence-corrected chi connectivity index (χ2v) is 10.1. The van der Waals surface area contributed by atoms with Crippen LogP contribution in [0.3, 0.4) is 0 Å². The SMILES string of the molecule is COc1cc2c(Oc3ccc(NC(=O)C(=O)NCCc4ccccc4F)cc3F)ccnc2cc1OCC1CCNCC1. The van der Waals surface area contributed by atoms with Crippen LogP contribution < -0.4 is 30.2 Å². The Morgan fingerprint density at radius 2 is 1.74 bits per heavy atom. The van der Waals surface area contributed by atoms with E-state index in [9.17, 15) is 14.0 Å². The molecule has 9 nitrogen and oxygen atoms in total. The first kappa shape index (κ1) is 29.7. The lowest BCUT2D eigenvalue weighted by atomic mass is 9.99. The lowest BCUT2D eigenvalue weighted by Gasteiger charge is -2.23. The Bertz CT molecular complexity index is 1610. The monoisotopic (exact) mass is 590 g/mol. The van der Waals surface area contributed by atoms with Crippen LogP contribution in [0.5, 0.6) is 23.0 Å². The minimum atomic E-state index is -0.980. The molecule has 5 rings (SSSR count). The highest BCUT2D eigenvalue weighted by Crippen LogP contribution is 2.38. The van der Waals surface area contributed by atoms with Crippen LogP contribution in [0.4, 0.5) is 14.5 Å². The number of aromatic nitrogens is 1. The van der Waals surface area contributed by atoms with E-state index in [1.165, 1.54) is 18.2 Å². The zero-order valence-electron chi connectivity index (χ0n) is 23.6. The van der Waals surface area contributed by atoms with Crippen molar-refractivity contribution in [3.63, 3.8) is 0 Å². The van der Waals surface area contributed by atoms with Crippen molar-refractivity contribution in [1.29, 1.82) is 0 Å². The highest BCUT2D eigenvalue weighted by atomic mass is 19.1. The molecule has 0 spiro atoms. The summed E-state index contributed by atoms with van der Waals surface area (Å²) in [5, 5.41) is 8.72. The summed E-state index contributed by atoms with van der Waals surface area (Å²) in [6.45, 7) is 2.58. The normalized spacial score (nSPS) is 13.4. The number of fused-ring (bicyclic) bond motifs is 1. The molecule has 2 heterocycles. The molecular formula is C32H32F2N4O5. The number of carbonyl (C=O) groups excluding carboxylic acids is 2. The predicted octanol–water partition coefficient (Wildman–Crippen LogP) is 4.99. The number of hydrogen-bond donors (Lipinski definition) is 3. The van der Waals surface area contributed by atoms with Crippen LogP contribution in [0, 0.1) is 17.6 Å². The fraction of sp³-hybridized carbons (Fsp3) is 0.281. The van der Waals surface area contributed by atoms with E-state index in [2.05, 4.69) is 20.9 Å². The van der Waals surface area contributed by atoms with E-state index >= 15 is 4.39 Å². The van der Waals surface area contributed by atoms with E-state index < -0.39 is 17.6 Å². The highest BCUT2D eigenvalue weighted by molar-refractivity contribution is 6.39. The summed E-state index contributed by atoms with van der Waals surface area (Å²) in [4.78, 5) is 28.9. The van der Waals surface area contributed by atoms with Gasteiger partial charge in [0.2, 0.25) is 0 Å². The van der Waals surface area contributed by atoms with Gasteiger partial charge >= 0.3 is 11.8 Å². The minimum Gasteiger partial charge on any atom is -0.493 e. The first-order chi connectivity index (χ1) is 20.9. The molecule has 0 unspecified atom stereocenters. The van der Waals surface area contributed by atoms with Gasteiger partial charge in [0.25, 0.3) is 0 Å². The van der Waals surface area contributed by atoms with Crippen LogP contribution in [-0.4, -0.2) is 50.1 Å². The van der Waals surface area contributed by atoms with Gasteiger partial charge in [0.15, 0.2) is 23.1 Å². The number of rotatable bonds is 10. The van der Waals surface area contributed by atoms with Gasteiger partial charge in [-0.15, -0.1) is 0 Å². The Morgan fingerprint density at radius 3 is 2.51 bits per heavy atom. The molecule has 0 bridgehead atoms. The molecule has 2 amide bonds. The molecule has 0 radical (unpaired) electrons. The van der Waals surface area contributed by atoms with Crippen LogP contribution in [0.15, 0.2) is 66.9 Å². The summed E-state index contributed by atoms with van der Waals surface area (Å²) in [5.41, 5.74) is 1.07. The number of ether oxygens (including phenoxy) is 3. The molecule has 1 saturated heterocycles. The zero-order valence-corrected chi connectivity index (χ0v) is 23.6. The Morgan fingerprint density at radius 1 is 0.930 bits per heavy atom. The second-order valence-electron chi connectivity index (χ2n) is 10.1. The van der Waals surface area contributed by atoms with Crippen molar-refractivity contribution in [2.75, 3.05) is 38.7 Å². The van der Waals surface area contributed by atoms with Gasteiger partial charge in [0, 0.05) is 35.9 Å². The lowest BCUT2D eigenvalue weighted by molar-refractivity contribution is -0.136. The van der Waals surface area contributed by atoms with Gasteiger partial charge in [0.1, 0.15) is 11.6 Å². The average molecular weight is 591 g/mol. The predicted molar refractivity (Wildman–Crippen MR) is 158 cm³/mol. The average Bonchev–Trinajstić information content (AvgIpc) is 3.02. The van der Waals surface area contributed by atoms with E-state index in [1.807, 2.05) is 0 Å². The third-order valence-electron chi connectivity index (χ3n) is 7.17. The molecule has 0 aliphatic carbocycles. The van der Waals surface area contributed by atoms with Gasteiger partial charge in [-0.05, 0) is 74.2 Å². The van der Waals surface area contributed by atoms with Gasteiger partial charge < -0.3 is 30.2 Å². The molecule has 43 heavy (non-hydrogen) atoms. The molecular weight excluding hydrogens is 558 g/mol. The number of nitrogens with one attached hydrogen (secondary N) is 3. The summed E-state index contributed by atoms with van der Waals surface area (Å²) in [5.74, 6) is -1.26. The quantitative estimate of drug-likeness (QED) is 0.223. The van der Waals surface area contributed by atoms with Crippen LogP contribution in [0.1, 0.15) is 18.4 Å². The van der Waals surface area contributed by atoms with E-state index in [0.29, 0.717) is 46.2 Å². The molecule has 1 aliphatic rings. The van der Waals surface area contributed by atoms with E-state index in [0.717, 1.165) is 32.0 Å². The topological polar surface area (TPSA) is 111 Å². The van der Waals surface area contributed by atoms with Gasteiger partial charge in [-0.2, -0.15) is 0 Å². The number of piperidine rings is 1. The van der Waals surface area contributed by atoms with Crippen LogP contribution in [-0.2, 0) is 16.0 Å². The lowest BCUT2D eigenvalue weighted by Crippen LogP contribution is -2.36. The molecule has 0 atom stereocenters. The van der Waals surface area contributed by atoms with Gasteiger partial charge in [-0.25, -0.2) is 8.78 Å². The molecule has 0 saturated carbocycles. The van der Waals surface area contributed by atoms with Crippen molar-refractivity contribution in [3.05, 3.63) is 84.1 Å². The van der Waals surface area contributed by atoms with Crippen LogP contribution >= 0.6 is 0 Å². The van der Waals surface area contributed by atoms with Gasteiger partial charge in [-0.3, -0.25) is 14.6 Å². The number of anilines is 1. The number of halogens is 2. The van der Waals surface area contributed by atoms with Gasteiger partial charge in [0.05, 0.1) is 19.2 Å². The van der Waals surface area contributed by atoms with Crippen molar-refractivity contribution < 1.29 is 32.6 Å². The maximum Gasteiger partial charge on any atom is 0.313 e. The minimum absolute atomic E-state index is 0.0604. The smallest absolute Gasteiger partial charge is 0.313 e. The van der Waals surface area contributed by atoms with Crippen molar-refractivity contribution in [2.45, 2.75) is 19.3 Å². The Hall–Kier alpha value is -4.77. The number of methoxy groups -OCH3 is 1. The maximum atomic E-state index is 15.0. The molecule has 224 valence electrons. The summed E-state index contributed by atoms with van der Waals surface area (Å²) in [6.07, 6.45) is 3.86. The molecule has 11 heteroatoms. The largest absolute Gasteiger partial charge is 0.493 e. The molecule has 3 aromatic carbocycles. The first-order valence-corrected chi connectivity index (χ1v) is 14.0. The van der Waals surface area contributed by atoms with Crippen molar-refractivity contribution in [1.82, 2.24) is 15.6 Å². The third-order valence-corrected chi connectivity index (χ3v) is 7.17. The van der Waals surface area contributed by atoms with E-state index in [-0.39, 0.29) is 30.2 Å². The van der Waals surface area contributed by atoms with Crippen LogP contribution in [0.2, 0.25) is 0 Å². The number of carbonyl (C=O) groups is 2. The zero-order chi connectivity index (χ0) is 30.2. The van der Waals surface area contributed by atoms with Gasteiger partial charge in [-0.1, -0.05) is 18.2 Å². The Kier molecular flexibility index (Phi) is 9.63. The Labute approximate surface area is 247 Å². The van der Waals surface area contributed by atoms with Crippen molar-refractivity contribution >= 4 is 28.4 Å². The first-order valence-electron chi connectivity index (χ1n) is 14.0. The fourth-order valence-corrected chi connectivity index (χ4v) is 4.81. The molecule has 1 aliphatic heterocycles.